The Morgan fingerprint density at radius 1 is 1.22 bits per heavy atom. The minimum absolute atomic E-state index is 0.0404. The zero-order valence-corrected chi connectivity index (χ0v) is 16.3. The van der Waals surface area contributed by atoms with E-state index < -0.39 is 0 Å². The SMILES string of the molecule is C=C(C)C(=O)NCCC[N+](C)(C)C.C=CC(=O)CC(C)(C)CC. The van der Waals surface area contributed by atoms with E-state index in [-0.39, 0.29) is 17.1 Å². The summed E-state index contributed by atoms with van der Waals surface area (Å²) in [7, 11) is 6.42. The molecule has 1 N–H and O–H groups in total. The Labute approximate surface area is 143 Å². The monoisotopic (exact) mass is 325 g/mol. The van der Waals surface area contributed by atoms with E-state index in [9.17, 15) is 9.59 Å². The molecule has 0 spiro atoms. The van der Waals surface area contributed by atoms with Gasteiger partial charge in [0.1, 0.15) is 0 Å². The average Bonchev–Trinajstić information content (AvgIpc) is 2.42. The number of hydrogen-bond acceptors (Lipinski definition) is 2. The first-order chi connectivity index (χ1) is 10.3. The Morgan fingerprint density at radius 3 is 2.09 bits per heavy atom. The van der Waals surface area contributed by atoms with Crippen LogP contribution in [0.15, 0.2) is 24.8 Å². The molecule has 0 aliphatic rings. The third-order valence-corrected chi connectivity index (χ3v) is 3.52. The van der Waals surface area contributed by atoms with Crippen LogP contribution in [0, 0.1) is 5.41 Å². The lowest BCUT2D eigenvalue weighted by atomic mass is 9.85. The Balaban J connectivity index is 0. The lowest BCUT2D eigenvalue weighted by Gasteiger charge is -2.23. The highest BCUT2D eigenvalue weighted by Gasteiger charge is 2.17. The number of allylic oxidation sites excluding steroid dienone is 1. The molecule has 0 unspecified atom stereocenters. The Morgan fingerprint density at radius 2 is 1.74 bits per heavy atom. The Bertz CT molecular complexity index is 404. The van der Waals surface area contributed by atoms with Crippen molar-refractivity contribution in [3.05, 3.63) is 24.8 Å². The van der Waals surface area contributed by atoms with E-state index in [0.717, 1.165) is 30.4 Å². The lowest BCUT2D eigenvalue weighted by Crippen LogP contribution is -2.37. The van der Waals surface area contributed by atoms with Crippen molar-refractivity contribution in [1.82, 2.24) is 5.32 Å². The van der Waals surface area contributed by atoms with Crippen molar-refractivity contribution in [3.63, 3.8) is 0 Å². The van der Waals surface area contributed by atoms with Gasteiger partial charge in [-0.15, -0.1) is 0 Å². The van der Waals surface area contributed by atoms with Gasteiger partial charge in [-0.05, 0) is 18.4 Å². The molecule has 0 radical (unpaired) electrons. The summed E-state index contributed by atoms with van der Waals surface area (Å²) >= 11 is 0. The summed E-state index contributed by atoms with van der Waals surface area (Å²) in [5, 5.41) is 2.81. The number of ketones is 1. The van der Waals surface area contributed by atoms with E-state index in [2.05, 4.69) is 60.4 Å². The molecule has 0 rings (SSSR count). The summed E-state index contributed by atoms with van der Waals surface area (Å²) < 4.78 is 0.933. The van der Waals surface area contributed by atoms with Crippen molar-refractivity contribution in [2.24, 2.45) is 5.41 Å². The molecule has 4 heteroatoms. The first kappa shape index (κ1) is 23.8. The van der Waals surface area contributed by atoms with E-state index in [1.54, 1.807) is 6.92 Å². The third-order valence-electron chi connectivity index (χ3n) is 3.52. The molecule has 23 heavy (non-hydrogen) atoms. The first-order valence-electron chi connectivity index (χ1n) is 8.24. The normalized spacial score (nSPS) is 11.1. The minimum atomic E-state index is -0.0404. The highest BCUT2D eigenvalue weighted by molar-refractivity contribution is 5.92. The molecule has 134 valence electrons. The molecule has 0 aromatic heterocycles. The number of nitrogens with zero attached hydrogens (tertiary/aromatic N) is 1. The van der Waals surface area contributed by atoms with E-state index in [4.69, 9.17) is 0 Å². The molecule has 4 nitrogen and oxygen atoms in total. The number of carbonyl (C=O) groups excluding carboxylic acids is 2. The van der Waals surface area contributed by atoms with Gasteiger partial charge in [-0.2, -0.15) is 0 Å². The number of hydrogen-bond donors (Lipinski definition) is 1. The van der Waals surface area contributed by atoms with Crippen molar-refractivity contribution in [2.75, 3.05) is 34.2 Å². The standard InChI is InChI=1S/C10H20N2O.C9H16O/c1-9(2)10(13)11-7-6-8-12(3,4)5;1-5-8(10)7-9(3,4)6-2/h1,6-8H2,2-5H3;5H,1,6-7H2,2-4H3/p+1. The van der Waals surface area contributed by atoms with Gasteiger partial charge in [-0.25, -0.2) is 0 Å². The predicted octanol–water partition coefficient (Wildman–Crippen LogP) is 3.34. The summed E-state index contributed by atoms with van der Waals surface area (Å²) in [4.78, 5) is 21.9. The van der Waals surface area contributed by atoms with Crippen LogP contribution < -0.4 is 5.32 Å². The number of amides is 1. The number of nitrogens with one attached hydrogen (secondary N) is 1. The molecule has 0 aliphatic carbocycles. The van der Waals surface area contributed by atoms with Gasteiger partial charge in [0.25, 0.3) is 0 Å². The quantitative estimate of drug-likeness (QED) is 0.401. The molecule has 0 saturated carbocycles. The highest BCUT2D eigenvalue weighted by Crippen LogP contribution is 2.24. The molecular formula is C19H37N2O2+. The first-order valence-corrected chi connectivity index (χ1v) is 8.24. The minimum Gasteiger partial charge on any atom is -0.352 e. The van der Waals surface area contributed by atoms with Gasteiger partial charge in [0.05, 0.1) is 27.7 Å². The van der Waals surface area contributed by atoms with Crippen LogP contribution in [-0.2, 0) is 9.59 Å². The number of quaternary nitrogens is 1. The van der Waals surface area contributed by atoms with Crippen LogP contribution in [0.5, 0.6) is 0 Å². The van der Waals surface area contributed by atoms with Gasteiger partial charge in [-0.3, -0.25) is 9.59 Å². The lowest BCUT2D eigenvalue weighted by molar-refractivity contribution is -0.870. The van der Waals surface area contributed by atoms with Gasteiger partial charge < -0.3 is 9.80 Å². The maximum absolute atomic E-state index is 11.1. The summed E-state index contributed by atoms with van der Waals surface area (Å²) in [6, 6.07) is 0. The molecular weight excluding hydrogens is 288 g/mol. The summed E-state index contributed by atoms with van der Waals surface area (Å²) in [5.41, 5.74) is 0.718. The smallest absolute Gasteiger partial charge is 0.246 e. The van der Waals surface area contributed by atoms with Gasteiger partial charge in [0.15, 0.2) is 5.78 Å². The maximum atomic E-state index is 11.1. The second-order valence-electron chi connectivity index (χ2n) is 7.77. The largest absolute Gasteiger partial charge is 0.352 e. The van der Waals surface area contributed by atoms with Crippen LogP contribution in [0.2, 0.25) is 0 Å². The molecule has 0 aromatic carbocycles. The van der Waals surface area contributed by atoms with Crippen molar-refractivity contribution in [3.8, 4) is 0 Å². The zero-order chi connectivity index (χ0) is 18.7. The van der Waals surface area contributed by atoms with Crippen molar-refractivity contribution < 1.29 is 14.1 Å². The molecule has 0 atom stereocenters. The van der Waals surface area contributed by atoms with Crippen LogP contribution in [0.4, 0.5) is 0 Å². The zero-order valence-electron chi connectivity index (χ0n) is 16.3. The van der Waals surface area contributed by atoms with Crippen LogP contribution in [0.3, 0.4) is 0 Å². The third kappa shape index (κ3) is 16.8. The van der Waals surface area contributed by atoms with Crippen molar-refractivity contribution >= 4 is 11.7 Å². The summed E-state index contributed by atoms with van der Waals surface area (Å²) in [6.45, 7) is 16.8. The Hall–Kier alpha value is -1.42. The predicted molar refractivity (Wildman–Crippen MR) is 99.2 cm³/mol. The molecule has 0 aromatic rings. The molecule has 0 aliphatic heterocycles. The van der Waals surface area contributed by atoms with Gasteiger partial charge in [-0.1, -0.05) is 40.3 Å². The van der Waals surface area contributed by atoms with E-state index in [1.807, 2.05) is 0 Å². The van der Waals surface area contributed by atoms with Gasteiger partial charge in [0.2, 0.25) is 5.91 Å². The van der Waals surface area contributed by atoms with Gasteiger partial charge in [0, 0.05) is 25.0 Å². The average molecular weight is 326 g/mol. The number of carbonyl (C=O) groups is 2. The second kappa shape index (κ2) is 11.2. The molecule has 0 fully saturated rings. The van der Waals surface area contributed by atoms with Crippen molar-refractivity contribution in [1.29, 1.82) is 0 Å². The highest BCUT2D eigenvalue weighted by atomic mass is 16.1. The summed E-state index contributed by atoms with van der Waals surface area (Å²) in [5.74, 6) is 0.105. The van der Waals surface area contributed by atoms with E-state index in [0.29, 0.717) is 12.0 Å². The van der Waals surface area contributed by atoms with Gasteiger partial charge >= 0.3 is 0 Å². The summed E-state index contributed by atoms with van der Waals surface area (Å²) in [6.07, 6.45) is 4.06. The Kier molecular flexibility index (Phi) is 11.6. The van der Waals surface area contributed by atoms with Crippen LogP contribution in [0.25, 0.3) is 0 Å². The van der Waals surface area contributed by atoms with E-state index >= 15 is 0 Å². The van der Waals surface area contributed by atoms with Crippen LogP contribution >= 0.6 is 0 Å². The number of rotatable bonds is 9. The fourth-order valence-corrected chi connectivity index (χ4v) is 1.58. The van der Waals surface area contributed by atoms with Crippen LogP contribution in [0.1, 0.15) is 47.0 Å². The fraction of sp³-hybridized carbons (Fsp3) is 0.684. The molecule has 0 bridgehead atoms. The van der Waals surface area contributed by atoms with E-state index in [1.165, 1.54) is 6.08 Å². The maximum Gasteiger partial charge on any atom is 0.246 e. The van der Waals surface area contributed by atoms with Crippen molar-refractivity contribution in [2.45, 2.75) is 47.0 Å². The molecule has 0 saturated heterocycles. The second-order valence-corrected chi connectivity index (χ2v) is 7.77. The topological polar surface area (TPSA) is 46.2 Å². The molecule has 1 amide bonds. The fourth-order valence-electron chi connectivity index (χ4n) is 1.58. The molecule has 0 heterocycles. The van der Waals surface area contributed by atoms with Crippen LogP contribution in [-0.4, -0.2) is 50.4 Å².